The fourth-order valence-corrected chi connectivity index (χ4v) is 8.12. The molecule has 0 saturated carbocycles. The molecule has 2 heterocycles. The number of methoxy groups -OCH3 is 2. The van der Waals surface area contributed by atoms with Crippen LogP contribution in [0.25, 0.3) is 0 Å². The van der Waals surface area contributed by atoms with Gasteiger partial charge < -0.3 is 58.8 Å². The van der Waals surface area contributed by atoms with Crippen LogP contribution in [-0.4, -0.2) is 128 Å². The second-order valence-corrected chi connectivity index (χ2v) is 17.1. The van der Waals surface area contributed by atoms with Gasteiger partial charge in [0.05, 0.1) is 24.4 Å². The molecule has 4 N–H and O–H groups in total. The van der Waals surface area contributed by atoms with Crippen molar-refractivity contribution in [3.8, 4) is 0 Å². The van der Waals surface area contributed by atoms with Gasteiger partial charge >= 0.3 is 12.1 Å². The van der Waals surface area contributed by atoms with Crippen LogP contribution in [0.1, 0.15) is 142 Å². The summed E-state index contributed by atoms with van der Waals surface area (Å²) in [6, 6.07) is 0.326. The summed E-state index contributed by atoms with van der Waals surface area (Å²) in [4.78, 5) is 35.8. The number of hydrogen-bond donors (Lipinski definition) is 3. The molecule has 57 heavy (non-hydrogen) atoms. The molecule has 0 bridgehead atoms. The highest BCUT2D eigenvalue weighted by Crippen LogP contribution is 2.37. The van der Waals surface area contributed by atoms with E-state index in [0.29, 0.717) is 37.1 Å². The lowest BCUT2D eigenvalue weighted by atomic mass is 9.84. The minimum atomic E-state index is -1.30. The van der Waals surface area contributed by atoms with Crippen molar-refractivity contribution in [3.63, 3.8) is 0 Å². The lowest BCUT2D eigenvalue weighted by Gasteiger charge is -2.47. The number of aldehydes is 1. The van der Waals surface area contributed by atoms with Gasteiger partial charge in [0, 0.05) is 58.4 Å². The van der Waals surface area contributed by atoms with Gasteiger partial charge in [-0.25, -0.2) is 4.79 Å². The predicted octanol–water partition coefficient (Wildman–Crippen LogP) is 7.45. The second-order valence-electron chi connectivity index (χ2n) is 17.1. The van der Waals surface area contributed by atoms with E-state index in [1.165, 1.54) is 6.92 Å². The van der Waals surface area contributed by atoms with Gasteiger partial charge in [0.25, 0.3) is 0 Å². The van der Waals surface area contributed by atoms with Crippen LogP contribution >= 0.6 is 0 Å². The number of esters is 1. The topological polar surface area (TPSA) is 186 Å². The molecule has 0 aromatic rings. The van der Waals surface area contributed by atoms with Gasteiger partial charge in [-0.1, -0.05) is 55.4 Å². The molecule has 10 unspecified atom stereocenters. The Morgan fingerprint density at radius 1 is 1.04 bits per heavy atom. The number of hydrogen-bond acceptors (Lipinski definition) is 13. The van der Waals surface area contributed by atoms with Crippen molar-refractivity contribution < 1.29 is 57.8 Å². The number of carbonyl (C=O) groups is 3. The van der Waals surface area contributed by atoms with Gasteiger partial charge in [-0.3, -0.25) is 4.79 Å². The molecule has 0 spiro atoms. The molecule has 2 fully saturated rings. The highest BCUT2D eigenvalue weighted by Gasteiger charge is 2.49. The van der Waals surface area contributed by atoms with E-state index in [1.807, 2.05) is 69.5 Å². The maximum Gasteiger partial charge on any atom is 0.506 e. The molecule has 0 aliphatic carbocycles. The molecule has 2 aliphatic heterocycles. The van der Waals surface area contributed by atoms with Crippen LogP contribution in [0.5, 0.6) is 0 Å². The van der Waals surface area contributed by atoms with E-state index < -0.39 is 36.0 Å². The molecule has 14 atom stereocenters. The standard InChI is InChI=1S/C23H42O6.C10H21NO4.C8H17NO2.C2H6/c1-14(2)10-15(3)11-16(4)21(17(5)13-24)29-20-12-23(8,26-9)22(18(6)27-20)28-19(7)25;1-5-8(14-4)10(3,6-7(2)11)15-9(12)13;1-6-4-7(9(2)3)5-8(10)11-6;1-2/h13-18,20-22H,10-12H2,1-9H3;7-8H,5-6,11H2,1-4H3,(H,12,13);6-8,10H,4-5H2,1-3H3;1-2H3/t15?,16?,17?,18-,20?,21?,22?,23+;7-,8?,10+;;/m01../s1. The predicted molar refractivity (Wildman–Crippen MR) is 224 cm³/mol. The average molecular weight is 823 g/mol. The number of carboxylic acid groups (broad SMARTS) is 1. The number of aliphatic hydroxyl groups is 1. The zero-order valence-corrected chi connectivity index (χ0v) is 39.0. The van der Waals surface area contributed by atoms with E-state index in [1.54, 1.807) is 21.1 Å². The van der Waals surface area contributed by atoms with Crippen molar-refractivity contribution in [1.29, 1.82) is 0 Å². The third-order valence-electron chi connectivity index (χ3n) is 10.6. The Hall–Kier alpha value is -1.91. The van der Waals surface area contributed by atoms with Gasteiger partial charge in [-0.05, 0) is 92.2 Å². The Morgan fingerprint density at radius 3 is 2.02 bits per heavy atom. The first kappa shape index (κ1) is 57.2. The Labute approximate surface area is 346 Å². The molecule has 0 radical (unpaired) electrons. The maximum atomic E-state index is 11.6. The summed E-state index contributed by atoms with van der Waals surface area (Å²) in [7, 11) is 7.22. The normalized spacial score (nSPS) is 28.9. The van der Waals surface area contributed by atoms with Gasteiger partial charge in [0.15, 0.2) is 18.7 Å². The first-order valence-corrected chi connectivity index (χ1v) is 21.1. The summed E-state index contributed by atoms with van der Waals surface area (Å²) in [6.07, 6.45) is 2.74. The van der Waals surface area contributed by atoms with Crippen LogP contribution in [-0.2, 0) is 42.7 Å². The van der Waals surface area contributed by atoms with E-state index in [9.17, 15) is 19.5 Å². The van der Waals surface area contributed by atoms with Gasteiger partial charge in [0.2, 0.25) is 0 Å². The van der Waals surface area contributed by atoms with Crippen LogP contribution in [0.4, 0.5) is 4.79 Å². The molecule has 2 rings (SSSR count). The second kappa shape index (κ2) is 28.5. The number of nitrogens with zero attached hydrogens (tertiary/aromatic N) is 1. The third kappa shape index (κ3) is 21.8. The lowest BCUT2D eigenvalue weighted by molar-refractivity contribution is -0.297. The van der Waals surface area contributed by atoms with E-state index in [-0.39, 0.29) is 48.3 Å². The lowest BCUT2D eigenvalue weighted by Crippen LogP contribution is -2.58. The highest BCUT2D eigenvalue weighted by molar-refractivity contribution is 5.66. The fraction of sp³-hybridized carbons (Fsp3) is 0.930. The third-order valence-corrected chi connectivity index (χ3v) is 10.6. The molecule has 0 amide bonds. The maximum absolute atomic E-state index is 11.6. The summed E-state index contributed by atoms with van der Waals surface area (Å²) < 4.78 is 38.9. The largest absolute Gasteiger partial charge is 0.506 e. The van der Waals surface area contributed by atoms with Gasteiger partial charge in [0.1, 0.15) is 17.5 Å². The van der Waals surface area contributed by atoms with E-state index in [4.69, 9.17) is 44.0 Å². The van der Waals surface area contributed by atoms with Crippen molar-refractivity contribution in [2.24, 2.45) is 29.4 Å². The molecule has 0 aromatic heterocycles. The Balaban J connectivity index is 0. The molecule has 0 aromatic carbocycles. The fourth-order valence-electron chi connectivity index (χ4n) is 8.12. The van der Waals surface area contributed by atoms with Crippen molar-refractivity contribution in [2.45, 2.75) is 208 Å². The van der Waals surface area contributed by atoms with E-state index >= 15 is 0 Å². The van der Waals surface area contributed by atoms with Crippen molar-refractivity contribution >= 4 is 18.4 Å². The smallest absolute Gasteiger partial charge is 0.457 e. The SMILES string of the molecule is CC.CC1CC(N(C)C)CC(O)O1.CCC(OC)[C@](C)(C[C@@H](C)N)OC(=O)O.CO[C@]1(C)CC(OC(C(C)C=O)C(C)CC(C)CC(C)C)O[C@@H](C)C1OC(C)=O. The van der Waals surface area contributed by atoms with Crippen molar-refractivity contribution in [3.05, 3.63) is 0 Å². The van der Waals surface area contributed by atoms with E-state index in [2.05, 4.69) is 32.6 Å². The van der Waals surface area contributed by atoms with Crippen LogP contribution in [0.15, 0.2) is 0 Å². The van der Waals surface area contributed by atoms with Crippen LogP contribution in [0.2, 0.25) is 0 Å². The molecule has 14 heteroatoms. The summed E-state index contributed by atoms with van der Waals surface area (Å²) in [5.74, 6) is 0.799. The molecule has 2 aliphatic rings. The van der Waals surface area contributed by atoms with Crippen LogP contribution in [0.3, 0.4) is 0 Å². The first-order valence-electron chi connectivity index (χ1n) is 21.1. The van der Waals surface area contributed by atoms with Crippen molar-refractivity contribution in [2.75, 3.05) is 28.3 Å². The number of aliphatic hydroxyl groups excluding tert-OH is 1. The number of carbonyl (C=O) groups excluding carboxylic acids is 2. The average Bonchev–Trinajstić information content (AvgIpc) is 3.08. The van der Waals surface area contributed by atoms with Crippen LogP contribution < -0.4 is 5.73 Å². The van der Waals surface area contributed by atoms with E-state index in [0.717, 1.165) is 32.0 Å². The number of nitrogens with two attached hydrogens (primary N) is 1. The summed E-state index contributed by atoms with van der Waals surface area (Å²) >= 11 is 0. The van der Waals surface area contributed by atoms with Crippen molar-refractivity contribution in [1.82, 2.24) is 4.90 Å². The molecule has 2 saturated heterocycles. The molecule has 14 nitrogen and oxygen atoms in total. The zero-order valence-electron chi connectivity index (χ0n) is 39.0. The Morgan fingerprint density at radius 2 is 1.61 bits per heavy atom. The summed E-state index contributed by atoms with van der Waals surface area (Å²) in [5, 5.41) is 17.9. The molecular formula is C43H86N2O12. The first-order chi connectivity index (χ1) is 26.4. The number of ether oxygens (including phenoxy) is 7. The minimum Gasteiger partial charge on any atom is -0.457 e. The highest BCUT2D eigenvalue weighted by atomic mass is 16.7. The summed E-state index contributed by atoms with van der Waals surface area (Å²) in [6.45, 7) is 27.3. The zero-order chi connectivity index (χ0) is 44.8. The summed E-state index contributed by atoms with van der Waals surface area (Å²) in [5.41, 5.74) is 4.06. The van der Waals surface area contributed by atoms with Gasteiger partial charge in [-0.15, -0.1) is 0 Å². The number of rotatable bonds is 18. The minimum absolute atomic E-state index is 0.140. The molecule has 340 valence electrons. The monoisotopic (exact) mass is 823 g/mol. The Kier molecular flexibility index (Phi) is 28.6. The van der Waals surface area contributed by atoms with Gasteiger partial charge in [-0.2, -0.15) is 0 Å². The van der Waals surface area contributed by atoms with Crippen LogP contribution in [0, 0.1) is 23.7 Å². The molecular weight excluding hydrogens is 736 g/mol. The Bertz CT molecular complexity index is 1080. The quantitative estimate of drug-likeness (QED) is 0.0914.